The van der Waals surface area contributed by atoms with Gasteiger partial charge < -0.3 is 5.32 Å². The van der Waals surface area contributed by atoms with Gasteiger partial charge in [-0.1, -0.05) is 6.07 Å². The van der Waals surface area contributed by atoms with Crippen molar-refractivity contribution in [1.29, 1.82) is 5.26 Å². The van der Waals surface area contributed by atoms with E-state index in [9.17, 15) is 17.6 Å². The van der Waals surface area contributed by atoms with Crippen LogP contribution in [0.2, 0.25) is 0 Å². The second kappa shape index (κ2) is 6.30. The fourth-order valence-electron chi connectivity index (χ4n) is 2.24. The highest BCUT2D eigenvalue weighted by Gasteiger charge is 2.21. The van der Waals surface area contributed by atoms with Crippen molar-refractivity contribution in [3.63, 3.8) is 0 Å². The van der Waals surface area contributed by atoms with Gasteiger partial charge in [0.25, 0.3) is 5.91 Å². The van der Waals surface area contributed by atoms with Crippen LogP contribution in [0.1, 0.15) is 11.1 Å². The Bertz CT molecular complexity index is 1080. The van der Waals surface area contributed by atoms with E-state index >= 15 is 0 Å². The summed E-state index contributed by atoms with van der Waals surface area (Å²) >= 11 is 0. The van der Waals surface area contributed by atoms with Gasteiger partial charge in [0.05, 0.1) is 4.90 Å². The number of carbonyl (C=O) groups is 1. The van der Waals surface area contributed by atoms with E-state index in [1.807, 2.05) is 0 Å². The summed E-state index contributed by atoms with van der Waals surface area (Å²) in [5, 5.41) is 12.7. The number of hydrogen-bond donors (Lipinski definition) is 1. The van der Waals surface area contributed by atoms with Crippen LogP contribution in [0.3, 0.4) is 0 Å². The first-order chi connectivity index (χ1) is 11.9. The van der Waals surface area contributed by atoms with Crippen molar-refractivity contribution in [2.75, 3.05) is 5.32 Å². The Balaban J connectivity index is 1.88. The summed E-state index contributed by atoms with van der Waals surface area (Å²) in [5.74, 6) is -1.59. The molecule has 0 aliphatic carbocycles. The number of amides is 1. The van der Waals surface area contributed by atoms with Crippen LogP contribution in [-0.4, -0.2) is 19.3 Å². The first kappa shape index (κ1) is 16.5. The Hall–Kier alpha value is -3.31. The molecule has 0 atom stereocenters. The number of pyridine rings is 1. The van der Waals surface area contributed by atoms with Crippen molar-refractivity contribution in [2.45, 2.75) is 4.90 Å². The Labute approximate surface area is 142 Å². The number of benzene rings is 1. The Morgan fingerprint density at radius 2 is 2.12 bits per heavy atom. The maximum Gasteiger partial charge on any atom is 0.266 e. The Morgan fingerprint density at radius 1 is 1.32 bits per heavy atom. The summed E-state index contributed by atoms with van der Waals surface area (Å²) in [7, 11) is -3.51. The normalized spacial score (nSPS) is 14.6. The minimum absolute atomic E-state index is 0.00469. The number of nitrogens with zero attached hydrogens (tertiary/aromatic N) is 2. The third kappa shape index (κ3) is 3.32. The molecule has 0 unspecified atom stereocenters. The van der Waals surface area contributed by atoms with Gasteiger partial charge in [0, 0.05) is 22.9 Å². The highest BCUT2D eigenvalue weighted by molar-refractivity contribution is 7.94. The molecule has 1 aromatic carbocycles. The van der Waals surface area contributed by atoms with Gasteiger partial charge in [0.1, 0.15) is 11.6 Å². The average Bonchev–Trinajstić information content (AvgIpc) is 2.89. The molecule has 0 radical (unpaired) electrons. The average molecular weight is 355 g/mol. The molecular formula is C17H10FN3O3S. The molecule has 0 fully saturated rings. The van der Waals surface area contributed by atoms with Crippen molar-refractivity contribution in [3.05, 3.63) is 64.6 Å². The zero-order valence-electron chi connectivity index (χ0n) is 12.6. The number of rotatable bonds is 3. The van der Waals surface area contributed by atoms with Crippen LogP contribution in [0.25, 0.3) is 12.2 Å². The molecule has 2 heterocycles. The molecule has 1 aromatic heterocycles. The lowest BCUT2D eigenvalue weighted by Gasteiger charge is -2.07. The number of nitrogens with one attached hydrogen (secondary N) is 1. The third-order valence-corrected chi connectivity index (χ3v) is 4.92. The number of hydrogen-bond acceptors (Lipinski definition) is 5. The lowest BCUT2D eigenvalue weighted by molar-refractivity contribution is -0.112. The van der Waals surface area contributed by atoms with E-state index in [0.717, 1.165) is 11.5 Å². The van der Waals surface area contributed by atoms with Crippen LogP contribution in [0.5, 0.6) is 0 Å². The molecule has 3 rings (SSSR count). The molecule has 1 N–H and O–H groups in total. The fraction of sp³-hybridized carbons (Fsp3) is 0. The zero-order chi connectivity index (χ0) is 18.0. The number of anilines is 1. The molecule has 1 aliphatic rings. The van der Waals surface area contributed by atoms with E-state index in [4.69, 9.17) is 5.26 Å². The summed E-state index contributed by atoms with van der Waals surface area (Å²) in [6, 6.07) is 8.91. The monoisotopic (exact) mass is 355 g/mol. The largest absolute Gasteiger partial charge is 0.321 e. The second-order valence-corrected chi connectivity index (χ2v) is 6.91. The standard InChI is InChI=1S/C17H10FN3O3S/c18-16-12(2-1-6-20-16)8-13(10-19)17(22)21-14-4-3-11-5-7-25(23,24)15(11)9-14/h1-9H,(H,21,22). The first-order valence-corrected chi connectivity index (χ1v) is 8.56. The van der Waals surface area contributed by atoms with Crippen LogP contribution in [-0.2, 0) is 14.6 Å². The van der Waals surface area contributed by atoms with Gasteiger partial charge in [-0.25, -0.2) is 13.4 Å². The third-order valence-electron chi connectivity index (χ3n) is 3.46. The summed E-state index contributed by atoms with van der Waals surface area (Å²) < 4.78 is 37.2. The van der Waals surface area contributed by atoms with Gasteiger partial charge in [-0.3, -0.25) is 4.79 Å². The van der Waals surface area contributed by atoms with E-state index < -0.39 is 21.7 Å². The van der Waals surface area contributed by atoms with Crippen LogP contribution in [0.4, 0.5) is 10.1 Å². The highest BCUT2D eigenvalue weighted by atomic mass is 32.2. The molecule has 0 spiro atoms. The number of carbonyl (C=O) groups excluding carboxylic acids is 1. The number of fused-ring (bicyclic) bond motifs is 1. The smallest absolute Gasteiger partial charge is 0.266 e. The van der Waals surface area contributed by atoms with Crippen molar-refractivity contribution in [2.24, 2.45) is 0 Å². The maximum atomic E-state index is 13.5. The molecule has 0 saturated heterocycles. The molecule has 2 aromatic rings. The van der Waals surface area contributed by atoms with Gasteiger partial charge in [-0.15, -0.1) is 0 Å². The number of aromatic nitrogens is 1. The predicted octanol–water partition coefficient (Wildman–Crippen LogP) is 2.52. The molecule has 25 heavy (non-hydrogen) atoms. The molecule has 6 nitrogen and oxygen atoms in total. The molecule has 124 valence electrons. The fourth-order valence-corrected chi connectivity index (χ4v) is 3.47. The van der Waals surface area contributed by atoms with Gasteiger partial charge in [-0.05, 0) is 42.0 Å². The quantitative estimate of drug-likeness (QED) is 0.518. The summed E-state index contributed by atoms with van der Waals surface area (Å²) in [4.78, 5) is 15.7. The minimum atomic E-state index is -3.51. The SMILES string of the molecule is N#CC(=Cc1cccnc1F)C(=O)Nc1ccc2c(c1)S(=O)(=O)C=C2. The van der Waals surface area contributed by atoms with E-state index in [0.29, 0.717) is 5.56 Å². The minimum Gasteiger partial charge on any atom is -0.321 e. The van der Waals surface area contributed by atoms with Crippen molar-refractivity contribution >= 4 is 33.6 Å². The van der Waals surface area contributed by atoms with Crippen LogP contribution in [0, 0.1) is 17.3 Å². The Morgan fingerprint density at radius 3 is 2.84 bits per heavy atom. The molecule has 1 aliphatic heterocycles. The molecule has 8 heteroatoms. The Kier molecular flexibility index (Phi) is 4.17. The zero-order valence-corrected chi connectivity index (χ0v) is 13.4. The number of sulfone groups is 1. The van der Waals surface area contributed by atoms with E-state index in [-0.39, 0.29) is 21.7 Å². The van der Waals surface area contributed by atoms with Crippen LogP contribution < -0.4 is 5.32 Å². The van der Waals surface area contributed by atoms with E-state index in [1.165, 1.54) is 36.5 Å². The summed E-state index contributed by atoms with van der Waals surface area (Å²) in [6.45, 7) is 0. The summed E-state index contributed by atoms with van der Waals surface area (Å²) in [5.41, 5.74) is 0.388. The van der Waals surface area contributed by atoms with Crippen LogP contribution >= 0.6 is 0 Å². The topological polar surface area (TPSA) is 99.9 Å². The number of nitriles is 1. The van der Waals surface area contributed by atoms with Crippen molar-refractivity contribution < 1.29 is 17.6 Å². The number of halogens is 1. The van der Waals surface area contributed by atoms with E-state index in [1.54, 1.807) is 12.1 Å². The maximum absolute atomic E-state index is 13.5. The van der Waals surface area contributed by atoms with Gasteiger partial charge >= 0.3 is 0 Å². The van der Waals surface area contributed by atoms with Crippen molar-refractivity contribution in [1.82, 2.24) is 4.98 Å². The predicted molar refractivity (Wildman–Crippen MR) is 89.1 cm³/mol. The lowest BCUT2D eigenvalue weighted by Crippen LogP contribution is -2.14. The molecule has 1 amide bonds. The molecule has 0 bridgehead atoms. The van der Waals surface area contributed by atoms with Gasteiger partial charge in [-0.2, -0.15) is 9.65 Å². The van der Waals surface area contributed by atoms with Crippen LogP contribution in [0.15, 0.2) is 52.4 Å². The lowest BCUT2D eigenvalue weighted by atomic mass is 10.1. The summed E-state index contributed by atoms with van der Waals surface area (Å²) in [6.07, 6.45) is 3.78. The van der Waals surface area contributed by atoms with Gasteiger partial charge in [0.15, 0.2) is 0 Å². The van der Waals surface area contributed by atoms with E-state index in [2.05, 4.69) is 10.3 Å². The molecule has 0 saturated carbocycles. The van der Waals surface area contributed by atoms with Crippen molar-refractivity contribution in [3.8, 4) is 6.07 Å². The molecular weight excluding hydrogens is 345 g/mol. The highest BCUT2D eigenvalue weighted by Crippen LogP contribution is 2.29. The first-order valence-electron chi connectivity index (χ1n) is 7.01. The van der Waals surface area contributed by atoms with Gasteiger partial charge in [0.2, 0.25) is 15.8 Å². The second-order valence-electron chi connectivity index (χ2n) is 5.11.